The Morgan fingerprint density at radius 1 is 1.00 bits per heavy atom. The molecule has 0 saturated carbocycles. The van der Waals surface area contributed by atoms with E-state index in [4.69, 9.17) is 4.98 Å². The van der Waals surface area contributed by atoms with Gasteiger partial charge in [-0.05, 0) is 36.8 Å². The summed E-state index contributed by atoms with van der Waals surface area (Å²) in [6.45, 7) is 3.83. The van der Waals surface area contributed by atoms with E-state index >= 15 is 0 Å². The fraction of sp³-hybridized carbons (Fsp3) is 0.292. The first-order chi connectivity index (χ1) is 17.2. The van der Waals surface area contributed by atoms with E-state index in [-0.39, 0.29) is 6.03 Å². The second-order valence-electron chi connectivity index (χ2n) is 8.29. The van der Waals surface area contributed by atoms with Gasteiger partial charge in [-0.1, -0.05) is 24.3 Å². The molecule has 182 valence electrons. The van der Waals surface area contributed by atoms with E-state index in [1.807, 2.05) is 65.7 Å². The van der Waals surface area contributed by atoms with Gasteiger partial charge in [0.2, 0.25) is 5.95 Å². The molecule has 1 saturated heterocycles. The normalized spacial score (nSPS) is 18.2. The number of aromatic nitrogens is 2. The highest BCUT2D eigenvalue weighted by Crippen LogP contribution is 2.27. The molecule has 3 aromatic rings. The highest BCUT2D eigenvalue weighted by molar-refractivity contribution is 7.83. The number of nitrogens with zero attached hydrogens (tertiary/aromatic N) is 4. The Kier molecular flexibility index (Phi) is 7.05. The van der Waals surface area contributed by atoms with Crippen LogP contribution in [0.1, 0.15) is 6.42 Å². The number of carbonyl (C=O) groups is 1. The van der Waals surface area contributed by atoms with Crippen LogP contribution in [0.25, 0.3) is 0 Å². The molecule has 4 N–H and O–H groups in total. The minimum absolute atomic E-state index is 0.0948. The molecule has 10 nitrogen and oxygen atoms in total. The van der Waals surface area contributed by atoms with Crippen LogP contribution in [-0.4, -0.2) is 64.4 Å². The molecular formula is C24H28N8O2S. The van der Waals surface area contributed by atoms with Crippen molar-refractivity contribution in [3.63, 3.8) is 0 Å². The van der Waals surface area contributed by atoms with Crippen molar-refractivity contribution >= 4 is 45.8 Å². The average Bonchev–Trinajstić information content (AvgIpc) is 2.89. The Morgan fingerprint density at radius 2 is 1.83 bits per heavy atom. The molecule has 4 bridgehead atoms. The van der Waals surface area contributed by atoms with Crippen molar-refractivity contribution in [3.05, 3.63) is 60.8 Å². The molecule has 1 atom stereocenters. The predicted octanol–water partition coefficient (Wildman–Crippen LogP) is 3.00. The smallest absolute Gasteiger partial charge is 0.321 e. The molecule has 1 fully saturated rings. The second kappa shape index (κ2) is 10.7. The van der Waals surface area contributed by atoms with Gasteiger partial charge in [-0.15, -0.1) is 0 Å². The Labute approximate surface area is 206 Å². The lowest BCUT2D eigenvalue weighted by Gasteiger charge is -2.36. The number of hydrogen-bond acceptors (Lipinski definition) is 7. The lowest BCUT2D eigenvalue weighted by atomic mass is 10.2. The quantitative estimate of drug-likeness (QED) is 0.435. The van der Waals surface area contributed by atoms with Crippen LogP contribution in [-0.2, 0) is 11.0 Å². The first-order valence-electron chi connectivity index (χ1n) is 11.6. The number of para-hydroxylation sites is 1. The zero-order valence-electron chi connectivity index (χ0n) is 19.2. The lowest BCUT2D eigenvalue weighted by molar-refractivity contribution is 0.208. The number of nitrogens with one attached hydrogen (secondary N) is 4. The molecule has 2 aliphatic heterocycles. The van der Waals surface area contributed by atoms with Gasteiger partial charge in [-0.3, -0.25) is 0 Å². The summed E-state index contributed by atoms with van der Waals surface area (Å²) >= 11 is 0. The zero-order chi connectivity index (χ0) is 24.0. The Morgan fingerprint density at radius 3 is 2.66 bits per heavy atom. The van der Waals surface area contributed by atoms with Crippen LogP contribution in [0.2, 0.25) is 0 Å². The molecule has 2 aromatic carbocycles. The predicted molar refractivity (Wildman–Crippen MR) is 139 cm³/mol. The highest BCUT2D eigenvalue weighted by Gasteiger charge is 2.24. The van der Waals surface area contributed by atoms with Crippen molar-refractivity contribution < 1.29 is 9.00 Å². The molecule has 11 heteroatoms. The highest BCUT2D eigenvalue weighted by atomic mass is 32.2. The summed E-state index contributed by atoms with van der Waals surface area (Å²) in [5.74, 6) is 1.20. The SMILES string of the molecule is O=C(Nc1ccccc1)N1CCN(c2cnc3nc2NCCCNS(=O)c2cccc(c2)N3)CC1. The van der Waals surface area contributed by atoms with E-state index in [2.05, 4.69) is 30.6 Å². The average molecular weight is 493 g/mol. The van der Waals surface area contributed by atoms with Crippen LogP contribution >= 0.6 is 0 Å². The summed E-state index contributed by atoms with van der Waals surface area (Å²) in [6, 6.07) is 16.8. The summed E-state index contributed by atoms with van der Waals surface area (Å²) in [5, 5.41) is 9.58. The lowest BCUT2D eigenvalue weighted by Crippen LogP contribution is -2.50. The third kappa shape index (κ3) is 5.69. The summed E-state index contributed by atoms with van der Waals surface area (Å²) in [6.07, 6.45) is 2.60. The third-order valence-corrected chi connectivity index (χ3v) is 7.03. The van der Waals surface area contributed by atoms with Crippen LogP contribution in [0.5, 0.6) is 0 Å². The molecule has 2 amide bonds. The van der Waals surface area contributed by atoms with Gasteiger partial charge in [-0.2, -0.15) is 4.98 Å². The zero-order valence-corrected chi connectivity index (χ0v) is 20.1. The maximum Gasteiger partial charge on any atom is 0.321 e. The fourth-order valence-electron chi connectivity index (χ4n) is 4.03. The van der Waals surface area contributed by atoms with E-state index in [0.717, 1.165) is 29.3 Å². The van der Waals surface area contributed by atoms with Gasteiger partial charge < -0.3 is 25.8 Å². The summed E-state index contributed by atoms with van der Waals surface area (Å²) < 4.78 is 15.5. The van der Waals surface area contributed by atoms with Crippen molar-refractivity contribution in [1.29, 1.82) is 0 Å². The third-order valence-electron chi connectivity index (χ3n) is 5.89. The van der Waals surface area contributed by atoms with Crippen molar-refractivity contribution in [2.75, 3.05) is 60.1 Å². The summed E-state index contributed by atoms with van der Waals surface area (Å²) in [4.78, 5) is 26.6. The van der Waals surface area contributed by atoms with E-state index in [0.29, 0.717) is 50.1 Å². The standard InChI is InChI=1S/C24H28N8O2S/c33-24(29-18-6-2-1-3-7-18)32-14-12-31(13-15-32)21-17-26-23-28-19-8-4-9-20(16-19)35(34)27-11-5-10-25-22(21)30-23/h1-4,6-9,16-17,27H,5,10-15H2,(H,29,33)(H2,25,26,28,30). The van der Waals surface area contributed by atoms with Gasteiger partial charge in [0.15, 0.2) is 5.82 Å². The Bertz CT molecular complexity index is 1200. The molecular weight excluding hydrogens is 464 g/mol. The van der Waals surface area contributed by atoms with Crippen molar-refractivity contribution in [1.82, 2.24) is 19.6 Å². The molecule has 0 aliphatic carbocycles. The molecule has 0 spiro atoms. The molecule has 1 aromatic heterocycles. The summed E-state index contributed by atoms with van der Waals surface area (Å²) in [5.41, 5.74) is 2.46. The molecule has 3 heterocycles. The van der Waals surface area contributed by atoms with Gasteiger partial charge >= 0.3 is 6.03 Å². The van der Waals surface area contributed by atoms with Crippen molar-refractivity contribution in [2.45, 2.75) is 11.3 Å². The van der Waals surface area contributed by atoms with Gasteiger partial charge in [0, 0.05) is 50.6 Å². The number of urea groups is 1. The first kappa shape index (κ1) is 23.1. The van der Waals surface area contributed by atoms with Gasteiger partial charge in [-0.25, -0.2) is 18.7 Å². The van der Waals surface area contributed by atoms with Gasteiger partial charge in [0.25, 0.3) is 0 Å². The van der Waals surface area contributed by atoms with Gasteiger partial charge in [0.05, 0.1) is 16.8 Å². The number of anilines is 5. The van der Waals surface area contributed by atoms with Crippen molar-refractivity contribution in [2.24, 2.45) is 0 Å². The van der Waals surface area contributed by atoms with E-state index in [1.54, 1.807) is 0 Å². The van der Waals surface area contributed by atoms with Gasteiger partial charge in [0.1, 0.15) is 11.0 Å². The second-order valence-corrected chi connectivity index (χ2v) is 9.59. The molecule has 5 rings (SSSR count). The maximum absolute atomic E-state index is 12.6. The largest absolute Gasteiger partial charge is 0.368 e. The number of carbonyl (C=O) groups excluding carboxylic acids is 1. The van der Waals surface area contributed by atoms with Crippen LogP contribution in [0.3, 0.4) is 0 Å². The number of hydrogen-bond donors (Lipinski definition) is 4. The number of amides is 2. The molecule has 35 heavy (non-hydrogen) atoms. The fourth-order valence-corrected chi connectivity index (χ4v) is 4.97. The Balaban J connectivity index is 1.29. The number of fused-ring (bicyclic) bond motifs is 4. The van der Waals surface area contributed by atoms with E-state index in [9.17, 15) is 9.00 Å². The van der Waals surface area contributed by atoms with Crippen molar-refractivity contribution in [3.8, 4) is 0 Å². The first-order valence-corrected chi connectivity index (χ1v) is 12.8. The van der Waals surface area contributed by atoms with Crippen LogP contribution < -0.4 is 25.6 Å². The molecule has 0 radical (unpaired) electrons. The minimum atomic E-state index is -1.27. The van der Waals surface area contributed by atoms with Crippen LogP contribution in [0.4, 0.5) is 33.6 Å². The number of rotatable bonds is 2. The topological polar surface area (TPSA) is 115 Å². The number of piperazine rings is 1. The van der Waals surface area contributed by atoms with Crippen LogP contribution in [0.15, 0.2) is 65.7 Å². The minimum Gasteiger partial charge on any atom is -0.368 e. The molecule has 2 aliphatic rings. The van der Waals surface area contributed by atoms with E-state index in [1.165, 1.54) is 0 Å². The van der Waals surface area contributed by atoms with E-state index < -0.39 is 11.0 Å². The summed E-state index contributed by atoms with van der Waals surface area (Å²) in [7, 11) is -1.27. The maximum atomic E-state index is 12.6. The Hall–Kier alpha value is -3.70. The monoisotopic (exact) mass is 492 g/mol. The number of benzene rings is 2. The molecule has 1 unspecified atom stereocenters. The van der Waals surface area contributed by atoms with Crippen LogP contribution in [0, 0.1) is 0 Å².